The van der Waals surface area contributed by atoms with Gasteiger partial charge in [-0.05, 0) is 37.1 Å². The molecule has 2 N–H and O–H groups in total. The lowest BCUT2D eigenvalue weighted by atomic mass is 9.97. The number of amides is 2. The van der Waals surface area contributed by atoms with Crippen molar-refractivity contribution in [3.8, 4) is 0 Å². The normalized spacial score (nSPS) is 16.9. The molecule has 7 nitrogen and oxygen atoms in total. The van der Waals surface area contributed by atoms with Gasteiger partial charge in [-0.2, -0.15) is 5.10 Å². The van der Waals surface area contributed by atoms with Crippen LogP contribution in [0.2, 0.25) is 0 Å². The van der Waals surface area contributed by atoms with E-state index in [2.05, 4.69) is 15.2 Å². The van der Waals surface area contributed by atoms with Gasteiger partial charge < -0.3 is 4.90 Å². The minimum atomic E-state index is -0.316. The Hall–Kier alpha value is -3.35. The van der Waals surface area contributed by atoms with E-state index in [4.69, 9.17) is 0 Å². The minimum absolute atomic E-state index is 0.0232. The number of nitrogens with one attached hydrogen (secondary N) is 2. The number of piperidine rings is 1. The molecule has 2 heterocycles. The van der Waals surface area contributed by atoms with Gasteiger partial charge in [-0.15, -0.1) is 0 Å². The summed E-state index contributed by atoms with van der Waals surface area (Å²) in [7, 11) is 0. The Morgan fingerprint density at radius 2 is 1.67 bits per heavy atom. The second kappa shape index (κ2) is 7.49. The maximum Gasteiger partial charge on any atom is 0.340 e. The molecular formula is C20H21N5O2. The molecule has 0 saturated carbocycles. The zero-order valence-corrected chi connectivity index (χ0v) is 14.8. The molecule has 0 aliphatic carbocycles. The van der Waals surface area contributed by atoms with Crippen LogP contribution in [0.5, 0.6) is 0 Å². The molecule has 138 valence electrons. The second-order valence-corrected chi connectivity index (χ2v) is 6.64. The highest BCUT2D eigenvalue weighted by Gasteiger charge is 2.30. The van der Waals surface area contributed by atoms with Crippen molar-refractivity contribution in [2.45, 2.75) is 18.8 Å². The summed E-state index contributed by atoms with van der Waals surface area (Å²) in [5.41, 5.74) is 1.33. The molecule has 2 amide bonds. The molecule has 0 unspecified atom stereocenters. The van der Waals surface area contributed by atoms with E-state index < -0.39 is 0 Å². The molecule has 0 spiro atoms. The predicted octanol–water partition coefficient (Wildman–Crippen LogP) is 3.24. The van der Waals surface area contributed by atoms with Crippen LogP contribution in [0.15, 0.2) is 65.5 Å². The van der Waals surface area contributed by atoms with Crippen LogP contribution >= 0.6 is 0 Å². The molecule has 1 aliphatic rings. The van der Waals surface area contributed by atoms with E-state index in [0.717, 1.165) is 24.2 Å². The monoisotopic (exact) mass is 363 g/mol. The molecule has 0 radical (unpaired) electrons. The zero-order chi connectivity index (χ0) is 18.6. The third-order valence-electron chi connectivity index (χ3n) is 4.82. The van der Waals surface area contributed by atoms with Crippen molar-refractivity contribution >= 4 is 17.4 Å². The summed E-state index contributed by atoms with van der Waals surface area (Å²) in [6.45, 7) is 1.20. The first-order chi connectivity index (χ1) is 13.2. The van der Waals surface area contributed by atoms with Crippen molar-refractivity contribution in [1.29, 1.82) is 0 Å². The van der Waals surface area contributed by atoms with E-state index in [9.17, 15) is 9.59 Å². The number of rotatable bonds is 3. The average molecular weight is 363 g/mol. The topological polar surface area (TPSA) is 85.1 Å². The van der Waals surface area contributed by atoms with Crippen molar-refractivity contribution in [3.63, 3.8) is 0 Å². The van der Waals surface area contributed by atoms with Gasteiger partial charge in [-0.3, -0.25) is 9.88 Å². The van der Waals surface area contributed by atoms with Gasteiger partial charge in [0.25, 0.3) is 0 Å². The van der Waals surface area contributed by atoms with Crippen LogP contribution in [0.25, 0.3) is 0 Å². The number of aromatic amines is 2. The highest BCUT2D eigenvalue weighted by molar-refractivity contribution is 5.99. The number of nitrogens with zero attached hydrogens (tertiary/aromatic N) is 3. The first kappa shape index (κ1) is 17.1. The van der Waals surface area contributed by atoms with E-state index in [1.807, 2.05) is 65.6 Å². The summed E-state index contributed by atoms with van der Waals surface area (Å²) < 4.78 is 0. The van der Waals surface area contributed by atoms with Crippen molar-refractivity contribution in [3.05, 3.63) is 77.0 Å². The van der Waals surface area contributed by atoms with E-state index in [1.165, 1.54) is 0 Å². The average Bonchev–Trinajstić information content (AvgIpc) is 3.16. The van der Waals surface area contributed by atoms with Crippen LogP contribution < -0.4 is 10.6 Å². The summed E-state index contributed by atoms with van der Waals surface area (Å²) in [5, 5.41) is 6.46. The lowest BCUT2D eigenvalue weighted by molar-refractivity contribution is 0.187. The summed E-state index contributed by atoms with van der Waals surface area (Å²) in [5.74, 6) is 0.638. The van der Waals surface area contributed by atoms with Crippen LogP contribution in [0.1, 0.15) is 24.6 Å². The standard InChI is InChI=1S/C20H21N5O2/c26-19-21-18(22-23-19)15-8-7-13-24(14-15)20(27)25(16-9-3-1-4-10-16)17-11-5-2-6-12-17/h1-6,9-12,15H,7-8,13-14H2,(H2,21,22,23,26)/t15-/m1/s1. The van der Waals surface area contributed by atoms with E-state index in [0.29, 0.717) is 18.9 Å². The van der Waals surface area contributed by atoms with Crippen LogP contribution in [-0.4, -0.2) is 39.2 Å². The first-order valence-corrected chi connectivity index (χ1v) is 9.06. The highest BCUT2D eigenvalue weighted by atomic mass is 16.2. The number of carbonyl (C=O) groups is 1. The second-order valence-electron chi connectivity index (χ2n) is 6.64. The Bertz CT molecular complexity index is 912. The van der Waals surface area contributed by atoms with Crippen LogP contribution in [0.4, 0.5) is 16.2 Å². The van der Waals surface area contributed by atoms with Gasteiger partial charge in [-0.25, -0.2) is 14.7 Å². The number of carbonyl (C=O) groups excluding carboxylic acids is 1. The molecule has 1 saturated heterocycles. The number of para-hydroxylation sites is 2. The number of urea groups is 1. The number of anilines is 2. The summed E-state index contributed by atoms with van der Waals surface area (Å²) >= 11 is 0. The minimum Gasteiger partial charge on any atom is -0.323 e. The van der Waals surface area contributed by atoms with Crippen molar-refractivity contribution in [2.24, 2.45) is 0 Å². The van der Waals surface area contributed by atoms with Gasteiger partial charge in [0.05, 0.1) is 11.4 Å². The summed E-state index contributed by atoms with van der Waals surface area (Å²) in [4.78, 5) is 31.1. The van der Waals surface area contributed by atoms with Gasteiger partial charge >= 0.3 is 11.7 Å². The lowest BCUT2D eigenvalue weighted by Gasteiger charge is -2.35. The molecule has 7 heteroatoms. The largest absolute Gasteiger partial charge is 0.340 e. The maximum atomic E-state index is 13.4. The van der Waals surface area contributed by atoms with Gasteiger partial charge in [0.2, 0.25) is 0 Å². The number of likely N-dealkylation sites (tertiary alicyclic amines) is 1. The molecule has 1 aromatic heterocycles. The predicted molar refractivity (Wildman–Crippen MR) is 103 cm³/mol. The third kappa shape index (κ3) is 3.62. The Balaban J connectivity index is 1.62. The molecule has 27 heavy (non-hydrogen) atoms. The van der Waals surface area contributed by atoms with Gasteiger partial charge in [0.15, 0.2) is 0 Å². The zero-order valence-electron chi connectivity index (χ0n) is 14.8. The van der Waals surface area contributed by atoms with E-state index >= 15 is 0 Å². The van der Waals surface area contributed by atoms with Crippen LogP contribution in [-0.2, 0) is 0 Å². The van der Waals surface area contributed by atoms with Gasteiger partial charge in [-0.1, -0.05) is 36.4 Å². The van der Waals surface area contributed by atoms with Crippen molar-refractivity contribution in [1.82, 2.24) is 20.1 Å². The molecule has 0 bridgehead atoms. The van der Waals surface area contributed by atoms with Crippen molar-refractivity contribution in [2.75, 3.05) is 18.0 Å². The smallest absolute Gasteiger partial charge is 0.323 e. The summed E-state index contributed by atoms with van der Waals surface area (Å²) in [6, 6.07) is 19.2. The number of benzene rings is 2. The Morgan fingerprint density at radius 3 is 2.22 bits per heavy atom. The Labute approximate surface area is 156 Å². The fourth-order valence-corrected chi connectivity index (χ4v) is 3.52. The van der Waals surface area contributed by atoms with E-state index in [1.54, 1.807) is 4.90 Å². The fraction of sp³-hybridized carbons (Fsp3) is 0.250. The molecule has 2 aromatic carbocycles. The van der Waals surface area contributed by atoms with Crippen LogP contribution in [0.3, 0.4) is 0 Å². The van der Waals surface area contributed by atoms with Gasteiger partial charge in [0, 0.05) is 19.0 Å². The number of aromatic nitrogens is 3. The van der Waals surface area contributed by atoms with E-state index in [-0.39, 0.29) is 17.6 Å². The Morgan fingerprint density at radius 1 is 1.04 bits per heavy atom. The number of hydrogen-bond acceptors (Lipinski definition) is 3. The third-order valence-corrected chi connectivity index (χ3v) is 4.82. The number of H-pyrrole nitrogens is 2. The van der Waals surface area contributed by atoms with Crippen LogP contribution in [0, 0.1) is 0 Å². The molecular weight excluding hydrogens is 342 g/mol. The highest BCUT2D eigenvalue weighted by Crippen LogP contribution is 2.30. The Kier molecular flexibility index (Phi) is 4.74. The van der Waals surface area contributed by atoms with Crippen molar-refractivity contribution < 1.29 is 4.79 Å². The first-order valence-electron chi connectivity index (χ1n) is 9.06. The quantitative estimate of drug-likeness (QED) is 0.749. The SMILES string of the molecule is O=C(N1CCC[C@@H](c2n[nH]c(=O)[nH]2)C1)N(c1ccccc1)c1ccccc1. The molecule has 3 aromatic rings. The molecule has 1 aliphatic heterocycles. The molecule has 1 atom stereocenters. The van der Waals surface area contributed by atoms with Gasteiger partial charge in [0.1, 0.15) is 5.82 Å². The molecule has 4 rings (SSSR count). The molecule has 1 fully saturated rings. The lowest BCUT2D eigenvalue weighted by Crippen LogP contribution is -2.45. The summed E-state index contributed by atoms with van der Waals surface area (Å²) in [6.07, 6.45) is 1.75. The maximum absolute atomic E-state index is 13.4. The fourth-order valence-electron chi connectivity index (χ4n) is 3.52. The number of hydrogen-bond donors (Lipinski definition) is 2.